The van der Waals surface area contributed by atoms with Crippen LogP contribution in [0.5, 0.6) is 0 Å². The van der Waals surface area contributed by atoms with Gasteiger partial charge in [-0.25, -0.2) is 0 Å². The van der Waals surface area contributed by atoms with E-state index in [0.717, 1.165) is 11.1 Å². The van der Waals surface area contributed by atoms with Gasteiger partial charge < -0.3 is 9.84 Å². The van der Waals surface area contributed by atoms with Gasteiger partial charge in [-0.1, -0.05) is 60.2 Å². The molecule has 1 N–H and O–H groups in total. The molecule has 0 bridgehead atoms. The number of hydrogen-bond acceptors (Lipinski definition) is 3. The molecule has 0 fully saturated rings. The van der Waals surface area contributed by atoms with Crippen LogP contribution in [0.1, 0.15) is 16.7 Å². The molecule has 2 aromatic carbocycles. The third-order valence-electron chi connectivity index (χ3n) is 3.35. The Labute approximate surface area is 117 Å². The van der Waals surface area contributed by atoms with Crippen LogP contribution in [-0.2, 0) is 15.3 Å². The smallest absolute Gasteiger partial charge is 0.299 e. The molecule has 1 aliphatic rings. The Morgan fingerprint density at radius 3 is 2.30 bits per heavy atom. The summed E-state index contributed by atoms with van der Waals surface area (Å²) in [5, 5.41) is 10.5. The van der Waals surface area contributed by atoms with E-state index in [1.165, 1.54) is 6.08 Å². The molecular formula is C17H14O3. The van der Waals surface area contributed by atoms with Gasteiger partial charge in [0.1, 0.15) is 5.76 Å². The fourth-order valence-corrected chi connectivity index (χ4v) is 2.18. The maximum absolute atomic E-state index is 12.1. The first-order valence-corrected chi connectivity index (χ1v) is 6.40. The van der Waals surface area contributed by atoms with Crippen LogP contribution < -0.4 is 0 Å². The molecule has 0 amide bonds. The molecule has 0 saturated heterocycles. The first kappa shape index (κ1) is 12.6. The summed E-state index contributed by atoms with van der Waals surface area (Å²) in [4.78, 5) is 12.1. The van der Waals surface area contributed by atoms with Crippen molar-refractivity contribution >= 4 is 11.5 Å². The van der Waals surface area contributed by atoms with Gasteiger partial charge in [0.15, 0.2) is 0 Å². The van der Waals surface area contributed by atoms with Gasteiger partial charge in [-0.2, -0.15) is 0 Å². The molecule has 0 aliphatic carbocycles. The van der Waals surface area contributed by atoms with Crippen molar-refractivity contribution in [2.45, 2.75) is 12.7 Å². The van der Waals surface area contributed by atoms with Crippen LogP contribution in [0.4, 0.5) is 0 Å². The van der Waals surface area contributed by atoms with Crippen LogP contribution in [0.2, 0.25) is 0 Å². The standard InChI is InChI=1S/C17H14O3/c1-12-7-9-13(10-8-12)15-11-16(18)17(19,20-15)14-5-3-2-4-6-14/h2-11,19H,1H3. The Hall–Kier alpha value is -2.39. The van der Waals surface area contributed by atoms with Crippen molar-refractivity contribution < 1.29 is 14.6 Å². The minimum atomic E-state index is -1.92. The Bertz CT molecular complexity index is 671. The lowest BCUT2D eigenvalue weighted by molar-refractivity contribution is -0.173. The molecule has 3 nitrogen and oxygen atoms in total. The number of ether oxygens (including phenoxy) is 1. The van der Waals surface area contributed by atoms with E-state index in [1.807, 2.05) is 37.3 Å². The summed E-state index contributed by atoms with van der Waals surface area (Å²) >= 11 is 0. The van der Waals surface area contributed by atoms with Crippen molar-refractivity contribution in [3.05, 3.63) is 77.4 Å². The summed E-state index contributed by atoms with van der Waals surface area (Å²) in [6.45, 7) is 1.99. The average molecular weight is 266 g/mol. The zero-order valence-electron chi connectivity index (χ0n) is 11.0. The van der Waals surface area contributed by atoms with E-state index in [0.29, 0.717) is 11.3 Å². The SMILES string of the molecule is Cc1ccc(C2=CC(=O)C(O)(c3ccccc3)O2)cc1. The van der Waals surface area contributed by atoms with Crippen LogP contribution in [0.3, 0.4) is 0 Å². The van der Waals surface area contributed by atoms with Gasteiger partial charge in [0.2, 0.25) is 5.78 Å². The van der Waals surface area contributed by atoms with Crippen molar-refractivity contribution in [1.29, 1.82) is 0 Å². The van der Waals surface area contributed by atoms with Crippen molar-refractivity contribution in [1.82, 2.24) is 0 Å². The van der Waals surface area contributed by atoms with E-state index >= 15 is 0 Å². The lowest BCUT2D eigenvalue weighted by Gasteiger charge is -2.22. The second-order valence-corrected chi connectivity index (χ2v) is 4.85. The van der Waals surface area contributed by atoms with E-state index in [-0.39, 0.29) is 0 Å². The fourth-order valence-electron chi connectivity index (χ4n) is 2.18. The van der Waals surface area contributed by atoms with E-state index in [9.17, 15) is 9.90 Å². The third-order valence-corrected chi connectivity index (χ3v) is 3.35. The van der Waals surface area contributed by atoms with Gasteiger partial charge in [-0.15, -0.1) is 0 Å². The van der Waals surface area contributed by atoms with Gasteiger partial charge in [-0.05, 0) is 6.92 Å². The van der Waals surface area contributed by atoms with Crippen LogP contribution >= 0.6 is 0 Å². The molecule has 3 rings (SSSR count). The minimum absolute atomic E-state index is 0.390. The molecule has 1 heterocycles. The maximum atomic E-state index is 12.1. The van der Waals surface area contributed by atoms with Gasteiger partial charge in [-0.3, -0.25) is 4.79 Å². The lowest BCUT2D eigenvalue weighted by atomic mass is 10.0. The predicted octanol–water partition coefficient (Wildman–Crippen LogP) is 2.78. The predicted molar refractivity (Wildman–Crippen MR) is 75.6 cm³/mol. The van der Waals surface area contributed by atoms with Crippen LogP contribution in [0.15, 0.2) is 60.7 Å². The zero-order valence-corrected chi connectivity index (χ0v) is 11.0. The number of hydrogen-bond donors (Lipinski definition) is 1. The normalized spacial score (nSPS) is 21.5. The summed E-state index contributed by atoms with van der Waals surface area (Å²) in [7, 11) is 0. The highest BCUT2D eigenvalue weighted by atomic mass is 16.6. The Morgan fingerprint density at radius 1 is 1.00 bits per heavy atom. The highest BCUT2D eigenvalue weighted by molar-refractivity contribution is 6.04. The van der Waals surface area contributed by atoms with Gasteiger partial charge >= 0.3 is 0 Å². The molecule has 0 saturated carbocycles. The number of carbonyl (C=O) groups excluding carboxylic acids is 1. The van der Waals surface area contributed by atoms with E-state index in [4.69, 9.17) is 4.74 Å². The van der Waals surface area contributed by atoms with E-state index in [2.05, 4.69) is 0 Å². The molecule has 1 aliphatic heterocycles. The second-order valence-electron chi connectivity index (χ2n) is 4.85. The molecule has 1 unspecified atom stereocenters. The summed E-state index contributed by atoms with van der Waals surface area (Å²) in [5.41, 5.74) is 2.33. The first-order chi connectivity index (χ1) is 9.59. The molecule has 1 atom stereocenters. The summed E-state index contributed by atoms with van der Waals surface area (Å²) in [5.74, 6) is -1.98. The quantitative estimate of drug-likeness (QED) is 0.909. The second kappa shape index (κ2) is 4.62. The van der Waals surface area contributed by atoms with Crippen LogP contribution in [0.25, 0.3) is 5.76 Å². The monoisotopic (exact) mass is 266 g/mol. The highest BCUT2D eigenvalue weighted by Crippen LogP contribution is 2.36. The summed E-state index contributed by atoms with van der Waals surface area (Å²) in [6.07, 6.45) is 1.34. The minimum Gasteiger partial charge on any atom is -0.450 e. The van der Waals surface area contributed by atoms with Crippen molar-refractivity contribution in [2.24, 2.45) is 0 Å². The number of ketones is 1. The first-order valence-electron chi connectivity index (χ1n) is 6.40. The number of aliphatic hydroxyl groups is 1. The molecule has 20 heavy (non-hydrogen) atoms. The lowest BCUT2D eigenvalue weighted by Crippen LogP contribution is -2.32. The topological polar surface area (TPSA) is 46.5 Å². The zero-order chi connectivity index (χ0) is 14.2. The molecule has 0 spiro atoms. The Balaban J connectivity index is 1.94. The van der Waals surface area contributed by atoms with Crippen molar-refractivity contribution in [2.75, 3.05) is 0 Å². The number of aryl methyl sites for hydroxylation is 1. The van der Waals surface area contributed by atoms with Gasteiger partial charge in [0.25, 0.3) is 5.79 Å². The Kier molecular flexibility index (Phi) is 2.92. The maximum Gasteiger partial charge on any atom is 0.299 e. The largest absolute Gasteiger partial charge is 0.450 e. The Morgan fingerprint density at radius 2 is 1.65 bits per heavy atom. The van der Waals surface area contributed by atoms with Crippen molar-refractivity contribution in [3.8, 4) is 0 Å². The third kappa shape index (κ3) is 2.02. The number of carbonyl (C=O) groups is 1. The highest BCUT2D eigenvalue weighted by Gasteiger charge is 2.44. The van der Waals surface area contributed by atoms with E-state index in [1.54, 1.807) is 24.3 Å². The summed E-state index contributed by atoms with van der Waals surface area (Å²) in [6, 6.07) is 16.3. The van der Waals surface area contributed by atoms with E-state index < -0.39 is 11.6 Å². The summed E-state index contributed by atoms with van der Waals surface area (Å²) < 4.78 is 5.54. The van der Waals surface area contributed by atoms with Crippen LogP contribution in [0, 0.1) is 6.92 Å². The van der Waals surface area contributed by atoms with Crippen LogP contribution in [-0.4, -0.2) is 10.9 Å². The fraction of sp³-hybridized carbons (Fsp3) is 0.118. The molecule has 100 valence electrons. The van der Waals surface area contributed by atoms with Gasteiger partial charge in [0.05, 0.1) is 0 Å². The molecule has 3 heteroatoms. The number of rotatable bonds is 2. The molecule has 0 aromatic heterocycles. The average Bonchev–Trinajstić information content (AvgIpc) is 2.78. The van der Waals surface area contributed by atoms with Crippen molar-refractivity contribution in [3.63, 3.8) is 0 Å². The molecule has 2 aromatic rings. The number of benzene rings is 2. The molecule has 0 radical (unpaired) electrons. The molecular weight excluding hydrogens is 252 g/mol. The van der Waals surface area contributed by atoms with Gasteiger partial charge in [0, 0.05) is 17.2 Å².